The third-order valence-corrected chi connectivity index (χ3v) is 5.87. The molecule has 1 aliphatic heterocycles. The fourth-order valence-corrected chi connectivity index (χ4v) is 4.39. The summed E-state index contributed by atoms with van der Waals surface area (Å²) in [5, 5.41) is 18.9. The van der Waals surface area contributed by atoms with E-state index in [-0.39, 0.29) is 46.7 Å². The van der Waals surface area contributed by atoms with Gasteiger partial charge in [0.2, 0.25) is 0 Å². The number of hydrogen-bond acceptors (Lipinski definition) is 5. The average molecular weight is 505 g/mol. The van der Waals surface area contributed by atoms with Crippen LogP contribution in [0.4, 0.5) is 13.6 Å². The summed E-state index contributed by atoms with van der Waals surface area (Å²) in [6.07, 6.45) is -3.03. The second-order valence-electron chi connectivity index (χ2n) is 7.18. The highest BCUT2D eigenvalue weighted by Crippen LogP contribution is 2.35. The highest BCUT2D eigenvalue weighted by atomic mass is 79.9. The Morgan fingerprint density at radius 1 is 1.38 bits per heavy atom. The molecule has 32 heavy (non-hydrogen) atoms. The van der Waals surface area contributed by atoms with Crippen molar-refractivity contribution in [2.75, 3.05) is 13.7 Å². The van der Waals surface area contributed by atoms with Crippen molar-refractivity contribution in [1.29, 1.82) is 5.26 Å². The number of halogens is 3. The van der Waals surface area contributed by atoms with Gasteiger partial charge in [0.15, 0.2) is 11.6 Å². The summed E-state index contributed by atoms with van der Waals surface area (Å²) in [7, 11) is 1.29. The van der Waals surface area contributed by atoms with Gasteiger partial charge in [-0.1, -0.05) is 0 Å². The maximum Gasteiger partial charge on any atom is 0.408 e. The van der Waals surface area contributed by atoms with Crippen molar-refractivity contribution in [2.45, 2.75) is 18.6 Å². The van der Waals surface area contributed by atoms with E-state index in [4.69, 9.17) is 4.74 Å². The van der Waals surface area contributed by atoms with Crippen molar-refractivity contribution >= 4 is 32.9 Å². The number of amides is 1. The van der Waals surface area contributed by atoms with Crippen molar-refractivity contribution in [1.82, 2.24) is 14.5 Å². The second kappa shape index (κ2) is 8.20. The number of nitriles is 1. The number of ether oxygens (including phenoxy) is 1. The lowest BCUT2D eigenvalue weighted by Crippen LogP contribution is -2.34. The van der Waals surface area contributed by atoms with Crippen LogP contribution in [0, 0.1) is 17.1 Å². The summed E-state index contributed by atoms with van der Waals surface area (Å²) in [5.74, 6) is -0.858. The Morgan fingerprint density at radius 3 is 2.75 bits per heavy atom. The topological polar surface area (TPSA) is 108 Å². The number of hydrogen-bond donors (Lipinski definition) is 1. The smallest absolute Gasteiger partial charge is 0.408 e. The van der Waals surface area contributed by atoms with Crippen molar-refractivity contribution in [3.63, 3.8) is 0 Å². The van der Waals surface area contributed by atoms with Crippen LogP contribution in [0.1, 0.15) is 23.9 Å². The molecule has 1 fully saturated rings. The van der Waals surface area contributed by atoms with Crippen molar-refractivity contribution in [3.8, 4) is 17.5 Å². The Balaban J connectivity index is 2.08. The zero-order valence-corrected chi connectivity index (χ0v) is 18.1. The highest BCUT2D eigenvalue weighted by molar-refractivity contribution is 9.10. The fraction of sp³-hybridized carbons (Fsp3) is 0.238. The molecular weight excluding hydrogens is 490 g/mol. The molecule has 0 unspecified atom stereocenters. The lowest BCUT2D eigenvalue weighted by atomic mass is 10.1. The molecule has 3 aromatic rings. The van der Waals surface area contributed by atoms with Gasteiger partial charge in [-0.3, -0.25) is 14.3 Å². The van der Waals surface area contributed by atoms with Gasteiger partial charge in [-0.25, -0.2) is 18.6 Å². The van der Waals surface area contributed by atoms with E-state index in [2.05, 4.69) is 20.9 Å². The van der Waals surface area contributed by atoms with Crippen molar-refractivity contribution < 1.29 is 23.4 Å². The molecule has 1 N–H and O–H groups in total. The molecule has 1 aromatic heterocycles. The monoisotopic (exact) mass is 504 g/mol. The predicted octanol–water partition coefficient (Wildman–Crippen LogP) is 3.93. The Labute approximate surface area is 188 Å². The first-order chi connectivity index (χ1) is 15.2. The lowest BCUT2D eigenvalue weighted by Gasteiger charge is -2.24. The maximum absolute atomic E-state index is 14.5. The SMILES string of the molecule is COc1ccc(-n2c([C@H]3C[C@H](F)CN3C(=O)O)nc3c(Br)cc(C#N)cc3c2=O)cc1F. The van der Waals surface area contributed by atoms with Gasteiger partial charge in [-0.05, 0) is 40.2 Å². The van der Waals surface area contributed by atoms with Crippen LogP contribution in [0.3, 0.4) is 0 Å². The number of benzene rings is 2. The van der Waals surface area contributed by atoms with Crippen LogP contribution < -0.4 is 10.3 Å². The van der Waals surface area contributed by atoms with E-state index < -0.39 is 29.7 Å². The average Bonchev–Trinajstić information content (AvgIpc) is 3.15. The zero-order valence-electron chi connectivity index (χ0n) is 16.6. The first-order valence-corrected chi connectivity index (χ1v) is 10.2. The largest absolute Gasteiger partial charge is 0.494 e. The number of rotatable bonds is 3. The van der Waals surface area contributed by atoms with Crippen LogP contribution in [-0.4, -0.2) is 45.5 Å². The minimum atomic E-state index is -1.45. The number of nitrogens with zero attached hydrogens (tertiary/aromatic N) is 4. The van der Waals surface area contributed by atoms with E-state index in [1.807, 2.05) is 6.07 Å². The molecule has 1 aliphatic rings. The molecular formula is C21H15BrF2N4O4. The lowest BCUT2D eigenvalue weighted by molar-refractivity contribution is 0.136. The predicted molar refractivity (Wildman–Crippen MR) is 113 cm³/mol. The molecule has 8 nitrogen and oxygen atoms in total. The summed E-state index contributed by atoms with van der Waals surface area (Å²) < 4.78 is 35.0. The number of carbonyl (C=O) groups is 1. The summed E-state index contributed by atoms with van der Waals surface area (Å²) in [6, 6.07) is 7.46. The molecule has 0 aliphatic carbocycles. The molecule has 4 rings (SSSR count). The molecule has 2 atom stereocenters. The van der Waals surface area contributed by atoms with Crippen LogP contribution >= 0.6 is 15.9 Å². The standard InChI is InChI=1S/C21H15BrF2N4O4/c1-32-17-3-2-12(7-15(17)24)28-19(16-6-11(23)9-27(16)21(30)31)26-18-13(20(28)29)4-10(8-25)5-14(18)22/h2-5,7,11,16H,6,9H2,1H3,(H,30,31)/t11-,16+/m0/s1. The Hall–Kier alpha value is -3.52. The number of carboxylic acid groups (broad SMARTS) is 1. The van der Waals surface area contributed by atoms with Gasteiger partial charge in [0.25, 0.3) is 5.56 Å². The third kappa shape index (κ3) is 3.56. The molecule has 0 spiro atoms. The van der Waals surface area contributed by atoms with E-state index in [0.29, 0.717) is 4.47 Å². The first-order valence-electron chi connectivity index (χ1n) is 9.39. The number of likely N-dealkylation sites (tertiary alicyclic amines) is 1. The summed E-state index contributed by atoms with van der Waals surface area (Å²) >= 11 is 3.29. The quantitative estimate of drug-likeness (QED) is 0.578. The third-order valence-electron chi connectivity index (χ3n) is 5.27. The van der Waals surface area contributed by atoms with Gasteiger partial charge in [0.05, 0.1) is 47.9 Å². The van der Waals surface area contributed by atoms with Gasteiger partial charge in [-0.2, -0.15) is 5.26 Å². The highest BCUT2D eigenvalue weighted by Gasteiger charge is 2.39. The molecule has 1 amide bonds. The number of fused-ring (bicyclic) bond motifs is 1. The van der Waals surface area contributed by atoms with Crippen molar-refractivity contribution in [3.05, 3.63) is 62.4 Å². The first kappa shape index (κ1) is 21.7. The van der Waals surface area contributed by atoms with Gasteiger partial charge in [-0.15, -0.1) is 0 Å². The molecule has 2 aromatic carbocycles. The fourth-order valence-electron chi connectivity index (χ4n) is 3.84. The van der Waals surface area contributed by atoms with Gasteiger partial charge >= 0.3 is 6.09 Å². The Morgan fingerprint density at radius 2 is 2.12 bits per heavy atom. The van der Waals surface area contributed by atoms with E-state index >= 15 is 0 Å². The molecule has 2 heterocycles. The van der Waals surface area contributed by atoms with Crippen LogP contribution in [0.25, 0.3) is 16.6 Å². The van der Waals surface area contributed by atoms with Gasteiger partial charge in [0, 0.05) is 17.0 Å². The van der Waals surface area contributed by atoms with E-state index in [9.17, 15) is 28.7 Å². The molecule has 164 valence electrons. The normalized spacial score (nSPS) is 18.0. The summed E-state index contributed by atoms with van der Waals surface area (Å²) in [4.78, 5) is 30.6. The van der Waals surface area contributed by atoms with E-state index in [1.165, 1.54) is 31.4 Å². The van der Waals surface area contributed by atoms with Crippen LogP contribution in [0.5, 0.6) is 5.75 Å². The molecule has 0 bridgehead atoms. The maximum atomic E-state index is 14.5. The molecule has 11 heteroatoms. The van der Waals surface area contributed by atoms with Gasteiger partial charge in [0.1, 0.15) is 12.0 Å². The zero-order chi connectivity index (χ0) is 23.2. The molecule has 0 saturated carbocycles. The van der Waals surface area contributed by atoms with E-state index in [0.717, 1.165) is 15.5 Å². The second-order valence-corrected chi connectivity index (χ2v) is 8.03. The Bertz CT molecular complexity index is 1350. The van der Waals surface area contributed by atoms with E-state index in [1.54, 1.807) is 0 Å². The van der Waals surface area contributed by atoms with Crippen LogP contribution in [0.15, 0.2) is 39.6 Å². The van der Waals surface area contributed by atoms with Crippen LogP contribution in [0.2, 0.25) is 0 Å². The van der Waals surface area contributed by atoms with Crippen LogP contribution in [-0.2, 0) is 0 Å². The molecule has 0 radical (unpaired) electrons. The Kier molecular flexibility index (Phi) is 5.56. The summed E-state index contributed by atoms with van der Waals surface area (Å²) in [5.41, 5.74) is -0.217. The number of aromatic nitrogens is 2. The molecule has 1 saturated heterocycles. The number of alkyl halides is 1. The van der Waals surface area contributed by atoms with Crippen molar-refractivity contribution in [2.24, 2.45) is 0 Å². The minimum Gasteiger partial charge on any atom is -0.494 e. The summed E-state index contributed by atoms with van der Waals surface area (Å²) in [6.45, 7) is -0.376. The minimum absolute atomic E-state index is 0.0524. The number of methoxy groups -OCH3 is 1. The van der Waals surface area contributed by atoms with Gasteiger partial charge < -0.3 is 9.84 Å².